The summed E-state index contributed by atoms with van der Waals surface area (Å²) in [4.78, 5) is 14.3. The summed E-state index contributed by atoms with van der Waals surface area (Å²) in [6.45, 7) is 2.05. The van der Waals surface area contributed by atoms with Gasteiger partial charge in [0.15, 0.2) is 5.82 Å². The van der Waals surface area contributed by atoms with Crippen molar-refractivity contribution in [2.75, 3.05) is 0 Å². The van der Waals surface area contributed by atoms with Crippen LogP contribution in [0.5, 0.6) is 0 Å². The van der Waals surface area contributed by atoms with Crippen molar-refractivity contribution < 1.29 is 4.52 Å². The van der Waals surface area contributed by atoms with Crippen LogP contribution in [-0.4, -0.2) is 10.1 Å². The largest absolute Gasteiger partial charge is 0.438 e. The highest BCUT2D eigenvalue weighted by molar-refractivity contribution is 7.98. The second kappa shape index (κ2) is 4.35. The van der Waals surface area contributed by atoms with Gasteiger partial charge in [0.05, 0.1) is 5.75 Å². The van der Waals surface area contributed by atoms with Gasteiger partial charge in [0.1, 0.15) is 0 Å². The van der Waals surface area contributed by atoms with E-state index >= 15 is 0 Å². The highest BCUT2D eigenvalue weighted by atomic mass is 32.2. The van der Waals surface area contributed by atoms with Gasteiger partial charge in [-0.1, -0.05) is 22.9 Å². The Labute approximate surface area is 90.7 Å². The minimum absolute atomic E-state index is 0.505. The molecule has 0 aliphatic carbocycles. The number of aromatic amines is 1. The van der Waals surface area contributed by atoms with E-state index in [1.54, 1.807) is 11.8 Å². The van der Waals surface area contributed by atoms with Crippen molar-refractivity contribution in [3.8, 4) is 0 Å². The van der Waals surface area contributed by atoms with E-state index in [4.69, 9.17) is 0 Å². The molecule has 78 valence electrons. The van der Waals surface area contributed by atoms with Gasteiger partial charge in [-0.3, -0.25) is 9.51 Å². The Morgan fingerprint density at radius 2 is 2.13 bits per heavy atom. The van der Waals surface area contributed by atoms with Crippen LogP contribution in [0, 0.1) is 6.92 Å². The van der Waals surface area contributed by atoms with Gasteiger partial charge in [-0.25, -0.2) is 4.79 Å². The summed E-state index contributed by atoms with van der Waals surface area (Å²) in [7, 11) is 0. The maximum Gasteiger partial charge on any atom is 0.438 e. The monoisotopic (exact) mass is 222 g/mol. The molecule has 5 heteroatoms. The third kappa shape index (κ3) is 2.73. The fraction of sp³-hybridized carbons (Fsp3) is 0.200. The summed E-state index contributed by atoms with van der Waals surface area (Å²) in [6.07, 6.45) is 0. The number of hydrogen-bond donors (Lipinski definition) is 1. The minimum atomic E-state index is -0.505. The van der Waals surface area contributed by atoms with Crippen LogP contribution in [0.2, 0.25) is 0 Å². The smallest absolute Gasteiger partial charge is 0.296 e. The molecule has 0 saturated heterocycles. The molecule has 1 aromatic carbocycles. The van der Waals surface area contributed by atoms with Gasteiger partial charge in [-0.05, 0) is 19.1 Å². The molecule has 0 aliphatic rings. The van der Waals surface area contributed by atoms with Crippen molar-refractivity contribution in [3.63, 3.8) is 0 Å². The molecule has 1 N–H and O–H groups in total. The molecule has 2 aromatic rings. The fourth-order valence-corrected chi connectivity index (χ4v) is 1.87. The molecule has 2 rings (SSSR count). The highest BCUT2D eigenvalue weighted by Gasteiger charge is 2.01. The maximum atomic E-state index is 10.7. The second-order valence-electron chi connectivity index (χ2n) is 3.14. The molecular weight excluding hydrogens is 212 g/mol. The highest BCUT2D eigenvalue weighted by Crippen LogP contribution is 2.20. The number of aryl methyl sites for hydroxylation is 1. The third-order valence-corrected chi connectivity index (χ3v) is 2.90. The lowest BCUT2D eigenvalue weighted by Crippen LogP contribution is -1.95. The quantitative estimate of drug-likeness (QED) is 0.806. The summed E-state index contributed by atoms with van der Waals surface area (Å²) in [5, 5.41) is 3.58. The van der Waals surface area contributed by atoms with Crippen molar-refractivity contribution in [3.05, 3.63) is 46.2 Å². The first-order valence-electron chi connectivity index (χ1n) is 4.48. The average molecular weight is 222 g/mol. The van der Waals surface area contributed by atoms with E-state index in [1.807, 2.05) is 31.2 Å². The van der Waals surface area contributed by atoms with Crippen molar-refractivity contribution in [1.82, 2.24) is 10.1 Å². The summed E-state index contributed by atoms with van der Waals surface area (Å²) >= 11 is 1.60. The van der Waals surface area contributed by atoms with Gasteiger partial charge in [0.2, 0.25) is 0 Å². The van der Waals surface area contributed by atoms with Crippen LogP contribution in [0.4, 0.5) is 0 Å². The Balaban J connectivity index is 1.99. The molecule has 0 unspecified atom stereocenters. The Morgan fingerprint density at radius 1 is 1.40 bits per heavy atom. The van der Waals surface area contributed by atoms with Crippen LogP contribution >= 0.6 is 11.8 Å². The van der Waals surface area contributed by atoms with Gasteiger partial charge in [0.25, 0.3) is 0 Å². The van der Waals surface area contributed by atoms with E-state index in [1.165, 1.54) is 5.56 Å². The van der Waals surface area contributed by atoms with E-state index in [0.29, 0.717) is 11.6 Å². The predicted molar refractivity (Wildman–Crippen MR) is 57.9 cm³/mol. The molecule has 1 heterocycles. The van der Waals surface area contributed by atoms with Gasteiger partial charge in [0, 0.05) is 4.90 Å². The molecule has 1 aromatic heterocycles. The topological polar surface area (TPSA) is 58.9 Å². The lowest BCUT2D eigenvalue weighted by Gasteiger charge is -1.98. The van der Waals surface area contributed by atoms with E-state index in [2.05, 4.69) is 14.7 Å². The summed E-state index contributed by atoms with van der Waals surface area (Å²) in [6, 6.07) is 8.18. The van der Waals surface area contributed by atoms with E-state index < -0.39 is 5.76 Å². The Hall–Kier alpha value is -1.49. The fourth-order valence-electron chi connectivity index (χ4n) is 1.11. The Kier molecular flexibility index (Phi) is 2.91. The molecule has 4 nitrogen and oxygen atoms in total. The maximum absolute atomic E-state index is 10.7. The van der Waals surface area contributed by atoms with E-state index in [9.17, 15) is 4.79 Å². The van der Waals surface area contributed by atoms with Crippen molar-refractivity contribution >= 4 is 11.8 Å². The summed E-state index contributed by atoms with van der Waals surface area (Å²) in [5.74, 6) is 0.662. The normalized spacial score (nSPS) is 10.5. The van der Waals surface area contributed by atoms with E-state index in [0.717, 1.165) is 4.90 Å². The number of H-pyrrole nitrogens is 1. The Bertz CT molecular complexity index is 487. The van der Waals surface area contributed by atoms with Gasteiger partial charge < -0.3 is 0 Å². The molecular formula is C10H10N2O2S. The zero-order valence-corrected chi connectivity index (χ0v) is 9.00. The Morgan fingerprint density at radius 3 is 2.73 bits per heavy atom. The van der Waals surface area contributed by atoms with E-state index in [-0.39, 0.29) is 0 Å². The van der Waals surface area contributed by atoms with Gasteiger partial charge >= 0.3 is 5.76 Å². The second-order valence-corrected chi connectivity index (χ2v) is 4.19. The SMILES string of the molecule is Cc1ccc(SCc2noc(=O)[nH]2)cc1. The van der Waals surface area contributed by atoms with Crippen LogP contribution < -0.4 is 5.76 Å². The standard InChI is InChI=1S/C10H10N2O2S/c1-7-2-4-8(5-3-7)15-6-9-11-10(13)14-12-9/h2-5H,6H2,1H3,(H,11,12,13). The zero-order valence-electron chi connectivity index (χ0n) is 8.19. The summed E-state index contributed by atoms with van der Waals surface area (Å²) < 4.78 is 4.40. The summed E-state index contributed by atoms with van der Waals surface area (Å²) in [5.41, 5.74) is 1.23. The van der Waals surface area contributed by atoms with Gasteiger partial charge in [-0.2, -0.15) is 0 Å². The number of aromatic nitrogens is 2. The first kappa shape index (κ1) is 10.0. The third-order valence-electron chi connectivity index (χ3n) is 1.88. The van der Waals surface area contributed by atoms with Crippen LogP contribution in [0.3, 0.4) is 0 Å². The molecule has 0 atom stereocenters. The van der Waals surface area contributed by atoms with Crippen molar-refractivity contribution in [2.45, 2.75) is 17.6 Å². The number of nitrogens with one attached hydrogen (secondary N) is 1. The lowest BCUT2D eigenvalue weighted by molar-refractivity contribution is 0.383. The minimum Gasteiger partial charge on any atom is -0.296 e. The van der Waals surface area contributed by atoms with Crippen molar-refractivity contribution in [2.24, 2.45) is 0 Å². The molecule has 0 spiro atoms. The molecule has 0 bridgehead atoms. The number of benzene rings is 1. The molecule has 0 aliphatic heterocycles. The van der Waals surface area contributed by atoms with Gasteiger partial charge in [-0.15, -0.1) is 11.8 Å². The molecule has 15 heavy (non-hydrogen) atoms. The molecule has 0 radical (unpaired) electrons. The van der Waals surface area contributed by atoms with Crippen LogP contribution in [0.1, 0.15) is 11.4 Å². The zero-order chi connectivity index (χ0) is 10.7. The molecule has 0 fully saturated rings. The number of hydrogen-bond acceptors (Lipinski definition) is 4. The number of thioether (sulfide) groups is 1. The van der Waals surface area contributed by atoms with Crippen molar-refractivity contribution in [1.29, 1.82) is 0 Å². The average Bonchev–Trinajstić information content (AvgIpc) is 2.64. The lowest BCUT2D eigenvalue weighted by atomic mass is 10.2. The number of rotatable bonds is 3. The number of nitrogens with zero attached hydrogens (tertiary/aromatic N) is 1. The van der Waals surface area contributed by atoms with Crippen LogP contribution in [0.15, 0.2) is 38.5 Å². The molecule has 0 saturated carbocycles. The van der Waals surface area contributed by atoms with Crippen LogP contribution in [-0.2, 0) is 5.75 Å². The first-order valence-corrected chi connectivity index (χ1v) is 5.47. The van der Waals surface area contributed by atoms with Crippen LogP contribution in [0.25, 0.3) is 0 Å². The predicted octanol–water partition coefficient (Wildman–Crippen LogP) is 1.96. The molecule has 0 amide bonds. The first-order chi connectivity index (χ1) is 7.24.